The Kier molecular flexibility index (Phi) is 6.44. The number of carbonyl (C=O) groups excluding carboxylic acids is 1. The summed E-state index contributed by atoms with van der Waals surface area (Å²) in [4.78, 5) is 21.2. The number of carbonyl (C=O) groups is 1. The Balaban J connectivity index is 1.59. The van der Waals surface area contributed by atoms with E-state index in [2.05, 4.69) is 27.0 Å². The molecule has 6 heteroatoms. The summed E-state index contributed by atoms with van der Waals surface area (Å²) in [6.07, 6.45) is 1.80. The van der Waals surface area contributed by atoms with Crippen molar-refractivity contribution in [1.29, 1.82) is 0 Å². The van der Waals surface area contributed by atoms with Crippen molar-refractivity contribution < 1.29 is 9.53 Å². The first-order valence-corrected chi connectivity index (χ1v) is 9.11. The molecule has 26 heavy (non-hydrogen) atoms. The van der Waals surface area contributed by atoms with Crippen molar-refractivity contribution in [2.75, 3.05) is 49.2 Å². The minimum atomic E-state index is 0.00693. The molecule has 1 aromatic heterocycles. The van der Waals surface area contributed by atoms with Gasteiger partial charge in [-0.1, -0.05) is 24.3 Å². The van der Waals surface area contributed by atoms with Crippen LogP contribution in [0.1, 0.15) is 12.5 Å². The van der Waals surface area contributed by atoms with E-state index in [9.17, 15) is 4.79 Å². The molecule has 0 atom stereocenters. The number of amides is 1. The summed E-state index contributed by atoms with van der Waals surface area (Å²) in [6.45, 7) is 6.74. The van der Waals surface area contributed by atoms with Gasteiger partial charge in [-0.15, -0.1) is 0 Å². The zero-order valence-corrected chi connectivity index (χ0v) is 15.2. The lowest BCUT2D eigenvalue weighted by Crippen LogP contribution is -2.39. The number of nitrogens with one attached hydrogen (secondary N) is 1. The lowest BCUT2D eigenvalue weighted by atomic mass is 10.2. The second-order valence-corrected chi connectivity index (χ2v) is 6.21. The molecular weight excluding hydrogens is 328 g/mol. The van der Waals surface area contributed by atoms with E-state index < -0.39 is 0 Å². The third-order valence-corrected chi connectivity index (χ3v) is 4.49. The Morgan fingerprint density at radius 2 is 1.96 bits per heavy atom. The maximum atomic E-state index is 12.4. The average molecular weight is 354 g/mol. The number of para-hydroxylation sites is 1. The van der Waals surface area contributed by atoms with E-state index in [-0.39, 0.29) is 5.91 Å². The number of benzene rings is 1. The normalized spacial score (nSPS) is 14.1. The molecule has 2 aromatic rings. The van der Waals surface area contributed by atoms with E-state index in [4.69, 9.17) is 4.74 Å². The molecule has 1 amide bonds. The topological polar surface area (TPSA) is 57.7 Å². The first kappa shape index (κ1) is 18.2. The molecule has 1 saturated heterocycles. The molecule has 0 unspecified atom stereocenters. The predicted octanol–water partition coefficient (Wildman–Crippen LogP) is 2.06. The monoisotopic (exact) mass is 354 g/mol. The zero-order chi connectivity index (χ0) is 18.2. The Hall–Kier alpha value is -2.60. The van der Waals surface area contributed by atoms with Crippen molar-refractivity contribution in [2.24, 2.45) is 0 Å². The van der Waals surface area contributed by atoms with Crippen LogP contribution in [0, 0.1) is 0 Å². The second-order valence-electron chi connectivity index (χ2n) is 6.21. The minimum Gasteiger partial charge on any atom is -0.378 e. The van der Waals surface area contributed by atoms with Crippen LogP contribution in [0.2, 0.25) is 0 Å². The molecular formula is C20H26N4O2. The van der Waals surface area contributed by atoms with Gasteiger partial charge >= 0.3 is 0 Å². The van der Waals surface area contributed by atoms with Crippen molar-refractivity contribution in [2.45, 2.75) is 13.5 Å². The summed E-state index contributed by atoms with van der Waals surface area (Å²) in [6, 6.07) is 13.9. The van der Waals surface area contributed by atoms with Gasteiger partial charge in [-0.3, -0.25) is 4.79 Å². The van der Waals surface area contributed by atoms with Gasteiger partial charge in [0.2, 0.25) is 5.91 Å². The third kappa shape index (κ3) is 4.73. The number of rotatable bonds is 7. The molecule has 6 nitrogen and oxygen atoms in total. The molecule has 1 N–H and O–H groups in total. The van der Waals surface area contributed by atoms with E-state index in [1.54, 1.807) is 6.20 Å². The molecule has 3 rings (SSSR count). The van der Waals surface area contributed by atoms with Crippen molar-refractivity contribution in [3.8, 4) is 0 Å². The summed E-state index contributed by atoms with van der Waals surface area (Å²) in [5.74, 6) is 0.944. The molecule has 1 aliphatic heterocycles. The molecule has 138 valence electrons. The van der Waals surface area contributed by atoms with Crippen LogP contribution < -0.4 is 15.1 Å². The van der Waals surface area contributed by atoms with E-state index in [0.29, 0.717) is 26.3 Å². The van der Waals surface area contributed by atoms with E-state index in [1.165, 1.54) is 0 Å². The molecule has 1 aromatic carbocycles. The third-order valence-electron chi connectivity index (χ3n) is 4.49. The maximum absolute atomic E-state index is 12.4. The fourth-order valence-electron chi connectivity index (χ4n) is 3.08. The lowest BCUT2D eigenvalue weighted by molar-refractivity contribution is -0.119. The van der Waals surface area contributed by atoms with Crippen LogP contribution in [-0.4, -0.2) is 50.3 Å². The fraction of sp³-hybridized carbons (Fsp3) is 0.400. The smallest absolute Gasteiger partial charge is 0.239 e. The lowest BCUT2D eigenvalue weighted by Gasteiger charge is -2.29. The first-order chi connectivity index (χ1) is 12.8. The number of ether oxygens (including phenoxy) is 1. The quantitative estimate of drug-likeness (QED) is 0.825. The number of hydrogen-bond donors (Lipinski definition) is 1. The molecule has 0 spiro atoms. The van der Waals surface area contributed by atoms with Crippen LogP contribution >= 0.6 is 0 Å². The van der Waals surface area contributed by atoms with Crippen LogP contribution in [0.25, 0.3) is 0 Å². The van der Waals surface area contributed by atoms with E-state index in [1.807, 2.05) is 42.5 Å². The van der Waals surface area contributed by atoms with Crippen LogP contribution in [0.3, 0.4) is 0 Å². The first-order valence-electron chi connectivity index (χ1n) is 9.11. The van der Waals surface area contributed by atoms with Crippen LogP contribution in [0.4, 0.5) is 11.5 Å². The summed E-state index contributed by atoms with van der Waals surface area (Å²) in [5, 5.41) is 3.03. The van der Waals surface area contributed by atoms with Gasteiger partial charge in [0.25, 0.3) is 0 Å². The van der Waals surface area contributed by atoms with Gasteiger partial charge in [-0.25, -0.2) is 4.98 Å². The number of anilines is 2. The molecule has 0 aliphatic carbocycles. The maximum Gasteiger partial charge on any atom is 0.239 e. The molecule has 1 aliphatic rings. The standard InChI is InChI=1S/C20H26N4O2/c1-2-23(18-8-4-3-5-9-18)16-19(25)22-15-17-7-6-10-21-20(17)24-11-13-26-14-12-24/h3-10H,2,11-16H2,1H3,(H,22,25). The van der Waals surface area contributed by atoms with Gasteiger partial charge < -0.3 is 19.9 Å². The predicted molar refractivity (Wildman–Crippen MR) is 103 cm³/mol. The Labute approximate surface area is 154 Å². The summed E-state index contributed by atoms with van der Waals surface area (Å²) >= 11 is 0. The second kappa shape index (κ2) is 9.20. The van der Waals surface area contributed by atoms with Gasteiger partial charge in [0.05, 0.1) is 19.8 Å². The Morgan fingerprint density at radius 1 is 1.19 bits per heavy atom. The van der Waals surface area contributed by atoms with Crippen molar-refractivity contribution in [3.63, 3.8) is 0 Å². The van der Waals surface area contributed by atoms with Crippen LogP contribution in [0.15, 0.2) is 48.7 Å². The average Bonchev–Trinajstić information content (AvgIpc) is 2.72. The SMILES string of the molecule is CCN(CC(=O)NCc1cccnc1N1CCOCC1)c1ccccc1. The highest BCUT2D eigenvalue weighted by atomic mass is 16.5. The number of pyridine rings is 1. The molecule has 2 heterocycles. The van der Waals surface area contributed by atoms with E-state index >= 15 is 0 Å². The minimum absolute atomic E-state index is 0.00693. The number of aromatic nitrogens is 1. The van der Waals surface area contributed by atoms with E-state index in [0.717, 1.165) is 36.7 Å². The summed E-state index contributed by atoms with van der Waals surface area (Å²) in [7, 11) is 0. The molecule has 0 bridgehead atoms. The highest BCUT2D eigenvalue weighted by molar-refractivity contribution is 5.81. The van der Waals surface area contributed by atoms with Gasteiger partial charge in [-0.05, 0) is 25.1 Å². The van der Waals surface area contributed by atoms with Crippen LogP contribution in [0.5, 0.6) is 0 Å². The number of morpholine rings is 1. The van der Waals surface area contributed by atoms with Crippen molar-refractivity contribution >= 4 is 17.4 Å². The Bertz CT molecular complexity index is 702. The summed E-state index contributed by atoms with van der Waals surface area (Å²) < 4.78 is 5.41. The molecule has 1 fully saturated rings. The zero-order valence-electron chi connectivity index (χ0n) is 15.2. The molecule has 0 radical (unpaired) electrons. The number of likely N-dealkylation sites (N-methyl/N-ethyl adjacent to an activating group) is 1. The number of nitrogens with zero attached hydrogens (tertiary/aromatic N) is 3. The van der Waals surface area contributed by atoms with Gasteiger partial charge in [0, 0.05) is 43.6 Å². The largest absolute Gasteiger partial charge is 0.378 e. The Morgan fingerprint density at radius 3 is 2.69 bits per heavy atom. The van der Waals surface area contributed by atoms with Gasteiger partial charge in [0.1, 0.15) is 5.82 Å². The summed E-state index contributed by atoms with van der Waals surface area (Å²) in [5.41, 5.74) is 2.09. The highest BCUT2D eigenvalue weighted by Gasteiger charge is 2.16. The highest BCUT2D eigenvalue weighted by Crippen LogP contribution is 2.18. The van der Waals surface area contributed by atoms with Crippen LogP contribution in [-0.2, 0) is 16.1 Å². The molecule has 0 saturated carbocycles. The van der Waals surface area contributed by atoms with Crippen molar-refractivity contribution in [1.82, 2.24) is 10.3 Å². The van der Waals surface area contributed by atoms with Gasteiger partial charge in [-0.2, -0.15) is 0 Å². The van der Waals surface area contributed by atoms with Gasteiger partial charge in [0.15, 0.2) is 0 Å². The number of hydrogen-bond acceptors (Lipinski definition) is 5. The fourth-order valence-corrected chi connectivity index (χ4v) is 3.08. The van der Waals surface area contributed by atoms with Crippen molar-refractivity contribution in [3.05, 3.63) is 54.2 Å².